The molecule has 4 nitrogen and oxygen atoms in total. The second-order valence-corrected chi connectivity index (χ2v) is 4.27. The Labute approximate surface area is 80.6 Å². The van der Waals surface area contributed by atoms with Crippen molar-refractivity contribution in [1.82, 2.24) is 4.98 Å². The Morgan fingerprint density at radius 1 is 1.77 bits per heavy atom. The number of aliphatic carboxylic acids is 1. The average Bonchev–Trinajstić information content (AvgIpc) is 2.52. The van der Waals surface area contributed by atoms with Crippen LogP contribution in [0.3, 0.4) is 0 Å². The van der Waals surface area contributed by atoms with Crippen molar-refractivity contribution in [1.29, 1.82) is 0 Å². The molecule has 0 bridgehead atoms. The molecule has 0 amide bonds. The fourth-order valence-corrected chi connectivity index (χ4v) is 1.21. The quantitative estimate of drug-likeness (QED) is 0.776. The summed E-state index contributed by atoms with van der Waals surface area (Å²) >= 11 is 1.46. The number of anilines is 1. The predicted octanol–water partition coefficient (Wildman–Crippen LogP) is 1.67. The van der Waals surface area contributed by atoms with Gasteiger partial charge in [0.2, 0.25) is 0 Å². The summed E-state index contributed by atoms with van der Waals surface area (Å²) in [6.07, 6.45) is 1.68. The Balaban J connectivity index is 2.47. The van der Waals surface area contributed by atoms with Gasteiger partial charge in [0.15, 0.2) is 5.13 Å². The van der Waals surface area contributed by atoms with Gasteiger partial charge >= 0.3 is 5.97 Å². The van der Waals surface area contributed by atoms with Gasteiger partial charge in [0.25, 0.3) is 0 Å². The third-order valence-corrected chi connectivity index (χ3v) is 2.42. The van der Waals surface area contributed by atoms with E-state index in [2.05, 4.69) is 10.3 Å². The van der Waals surface area contributed by atoms with Crippen molar-refractivity contribution in [3.8, 4) is 0 Å². The van der Waals surface area contributed by atoms with Gasteiger partial charge in [-0.25, -0.2) is 4.98 Å². The van der Waals surface area contributed by atoms with E-state index in [1.807, 2.05) is 5.38 Å². The summed E-state index contributed by atoms with van der Waals surface area (Å²) in [6.45, 7) is 3.74. The minimum atomic E-state index is -0.809. The number of nitrogens with one attached hydrogen (secondary N) is 1. The topological polar surface area (TPSA) is 62.2 Å². The van der Waals surface area contributed by atoms with Crippen LogP contribution in [0.2, 0.25) is 0 Å². The normalized spacial score (nSPS) is 11.2. The summed E-state index contributed by atoms with van der Waals surface area (Å²) in [5.41, 5.74) is -0.758. The van der Waals surface area contributed by atoms with Crippen molar-refractivity contribution in [2.75, 3.05) is 11.9 Å². The van der Waals surface area contributed by atoms with Gasteiger partial charge in [-0.15, -0.1) is 11.3 Å². The highest BCUT2D eigenvalue weighted by atomic mass is 32.1. The third-order valence-electron chi connectivity index (χ3n) is 1.69. The Morgan fingerprint density at radius 2 is 2.46 bits per heavy atom. The van der Waals surface area contributed by atoms with E-state index in [0.29, 0.717) is 6.54 Å². The van der Waals surface area contributed by atoms with Crippen molar-refractivity contribution >= 4 is 22.4 Å². The van der Waals surface area contributed by atoms with Gasteiger partial charge < -0.3 is 10.4 Å². The molecule has 1 aromatic rings. The summed E-state index contributed by atoms with van der Waals surface area (Å²) in [4.78, 5) is 14.7. The van der Waals surface area contributed by atoms with Crippen LogP contribution in [0.5, 0.6) is 0 Å². The van der Waals surface area contributed by atoms with Crippen LogP contribution in [0.15, 0.2) is 11.6 Å². The molecular weight excluding hydrogens is 188 g/mol. The van der Waals surface area contributed by atoms with Crippen LogP contribution in [-0.2, 0) is 4.79 Å². The van der Waals surface area contributed by atoms with E-state index in [1.54, 1.807) is 20.0 Å². The summed E-state index contributed by atoms with van der Waals surface area (Å²) in [6, 6.07) is 0. The lowest BCUT2D eigenvalue weighted by Crippen LogP contribution is -2.31. The molecule has 0 aliphatic heterocycles. The number of thiazole rings is 1. The molecule has 0 unspecified atom stereocenters. The average molecular weight is 200 g/mol. The Morgan fingerprint density at radius 3 is 2.92 bits per heavy atom. The van der Waals surface area contributed by atoms with E-state index < -0.39 is 11.4 Å². The predicted molar refractivity (Wildman–Crippen MR) is 52.0 cm³/mol. The SMILES string of the molecule is CC(C)(CNc1nccs1)C(=O)O. The number of carboxylic acid groups (broad SMARTS) is 1. The first-order chi connectivity index (χ1) is 6.02. The van der Waals surface area contributed by atoms with Crippen molar-refractivity contribution in [3.05, 3.63) is 11.6 Å². The van der Waals surface area contributed by atoms with E-state index in [9.17, 15) is 4.79 Å². The van der Waals surface area contributed by atoms with Crippen molar-refractivity contribution < 1.29 is 9.90 Å². The maximum Gasteiger partial charge on any atom is 0.310 e. The van der Waals surface area contributed by atoms with Crippen LogP contribution in [0.4, 0.5) is 5.13 Å². The van der Waals surface area contributed by atoms with Crippen molar-refractivity contribution in [3.63, 3.8) is 0 Å². The maximum absolute atomic E-state index is 10.7. The fourth-order valence-electron chi connectivity index (χ4n) is 0.683. The van der Waals surface area contributed by atoms with E-state index in [4.69, 9.17) is 5.11 Å². The zero-order valence-corrected chi connectivity index (χ0v) is 8.39. The zero-order valence-electron chi connectivity index (χ0n) is 7.57. The molecule has 1 rings (SSSR count). The lowest BCUT2D eigenvalue weighted by Gasteiger charge is -2.18. The minimum Gasteiger partial charge on any atom is -0.481 e. The monoisotopic (exact) mass is 200 g/mol. The van der Waals surface area contributed by atoms with Gasteiger partial charge in [0.1, 0.15) is 0 Å². The zero-order chi connectivity index (χ0) is 9.90. The molecule has 0 saturated carbocycles. The number of rotatable bonds is 4. The van der Waals surface area contributed by atoms with Crippen LogP contribution >= 0.6 is 11.3 Å². The first-order valence-electron chi connectivity index (χ1n) is 3.89. The standard InChI is InChI=1S/C8H12N2O2S/c1-8(2,6(11)12)5-10-7-9-3-4-13-7/h3-4H,5H2,1-2H3,(H,9,10)(H,11,12). The summed E-state index contributed by atoms with van der Waals surface area (Å²) in [5.74, 6) is -0.809. The van der Waals surface area contributed by atoms with Crippen LogP contribution in [0, 0.1) is 5.41 Å². The summed E-state index contributed by atoms with van der Waals surface area (Å²) in [5, 5.41) is 14.4. The van der Waals surface area contributed by atoms with Gasteiger partial charge in [-0.05, 0) is 13.8 Å². The third kappa shape index (κ3) is 2.69. The number of carbonyl (C=O) groups is 1. The van der Waals surface area contributed by atoms with E-state index in [1.165, 1.54) is 11.3 Å². The molecule has 1 heterocycles. The van der Waals surface area contributed by atoms with Gasteiger partial charge in [0.05, 0.1) is 5.41 Å². The Kier molecular flexibility index (Phi) is 2.87. The van der Waals surface area contributed by atoms with Crippen molar-refractivity contribution in [2.24, 2.45) is 5.41 Å². The highest BCUT2D eigenvalue weighted by Gasteiger charge is 2.26. The van der Waals surface area contributed by atoms with E-state index in [-0.39, 0.29) is 0 Å². The molecular formula is C8H12N2O2S. The molecule has 0 aliphatic rings. The number of carboxylic acids is 1. The first-order valence-corrected chi connectivity index (χ1v) is 4.77. The second kappa shape index (κ2) is 3.74. The maximum atomic E-state index is 10.7. The summed E-state index contributed by atoms with van der Waals surface area (Å²) in [7, 11) is 0. The van der Waals surface area contributed by atoms with Crippen LogP contribution < -0.4 is 5.32 Å². The molecule has 0 aliphatic carbocycles. The van der Waals surface area contributed by atoms with Crippen LogP contribution in [0.1, 0.15) is 13.8 Å². The van der Waals surface area contributed by atoms with Gasteiger partial charge in [-0.2, -0.15) is 0 Å². The molecule has 1 aromatic heterocycles. The number of hydrogen-bond donors (Lipinski definition) is 2. The number of nitrogens with zero attached hydrogens (tertiary/aromatic N) is 1. The molecule has 72 valence electrons. The van der Waals surface area contributed by atoms with Crippen LogP contribution in [0.25, 0.3) is 0 Å². The molecule has 0 fully saturated rings. The minimum absolute atomic E-state index is 0.385. The number of aromatic nitrogens is 1. The van der Waals surface area contributed by atoms with Gasteiger partial charge in [-0.1, -0.05) is 0 Å². The highest BCUT2D eigenvalue weighted by Crippen LogP contribution is 2.18. The summed E-state index contributed by atoms with van der Waals surface area (Å²) < 4.78 is 0. The van der Waals surface area contributed by atoms with E-state index in [0.717, 1.165) is 5.13 Å². The lowest BCUT2D eigenvalue weighted by molar-refractivity contribution is -0.146. The van der Waals surface area contributed by atoms with Crippen LogP contribution in [-0.4, -0.2) is 22.6 Å². The highest BCUT2D eigenvalue weighted by molar-refractivity contribution is 7.13. The largest absolute Gasteiger partial charge is 0.481 e. The molecule has 0 saturated heterocycles. The Hall–Kier alpha value is -1.10. The Bertz CT molecular complexity index is 282. The van der Waals surface area contributed by atoms with E-state index >= 15 is 0 Å². The fraction of sp³-hybridized carbons (Fsp3) is 0.500. The molecule has 13 heavy (non-hydrogen) atoms. The molecule has 0 aromatic carbocycles. The molecule has 0 radical (unpaired) electrons. The second-order valence-electron chi connectivity index (χ2n) is 3.38. The number of hydrogen-bond acceptors (Lipinski definition) is 4. The smallest absolute Gasteiger partial charge is 0.310 e. The van der Waals surface area contributed by atoms with Gasteiger partial charge in [-0.3, -0.25) is 4.79 Å². The first kappa shape index (κ1) is 9.98. The molecule has 5 heteroatoms. The van der Waals surface area contributed by atoms with Crippen molar-refractivity contribution in [2.45, 2.75) is 13.8 Å². The molecule has 0 atom stereocenters. The molecule has 2 N–H and O–H groups in total. The lowest BCUT2D eigenvalue weighted by atomic mass is 9.94. The molecule has 0 spiro atoms. The van der Waals surface area contributed by atoms with Gasteiger partial charge in [0, 0.05) is 18.1 Å².